The van der Waals surface area contributed by atoms with Gasteiger partial charge in [0.2, 0.25) is 11.1 Å². The number of halogens is 7. The molecule has 1 saturated heterocycles. The minimum absolute atomic E-state index is 0.00231. The standard InChI is InChI=1S/C19H14ClN5O.C13H8Cl2N4.C12H18BNO3.C6H6BrNO.C5H4BrNO.C5H5NO.Br2/c1-25-7-3-5-13(19(25)26)18-17(23-10-15(21)24-18)12-8-11-4-2-6-22-16(11)14(20)9-12;14-9-5-8(4-7-2-1-3-17-11(7)9)12-13(15)19-10(16)6-18-12;1-11(2)12(3,4)17-13(16-11)9-7-6-8-14(5)10(9)15;1-8-4-2-3-5(7)6(8)9;6-4-2-1-3-7-5(4)8;7-5-3-1-2-4-6-5;1-2/h2-10H,1H3,(H2,21,24);1-6H,(H2,16,19);6-8H,1-5H3;2-4H,1H3;1-3H,(H,7,8);1-4H,(H,6,7);. The van der Waals surface area contributed by atoms with Crippen LogP contribution in [0.15, 0.2) is 204 Å². The highest BCUT2D eigenvalue weighted by atomic mass is 80.9. The van der Waals surface area contributed by atoms with E-state index in [4.69, 9.17) is 55.6 Å². The van der Waals surface area contributed by atoms with Crippen LogP contribution in [0.4, 0.5) is 11.6 Å². The molecule has 12 rings (SSSR count). The summed E-state index contributed by atoms with van der Waals surface area (Å²) in [7, 11) is 4.54. The molecule has 10 heterocycles. The van der Waals surface area contributed by atoms with Gasteiger partial charge in [0, 0.05) is 126 Å². The van der Waals surface area contributed by atoms with E-state index >= 15 is 0 Å². The maximum atomic E-state index is 12.6. The monoisotopic (exact) mass is 1500 g/mol. The number of hydrogen-bond donors (Lipinski definition) is 4. The van der Waals surface area contributed by atoms with E-state index in [0.717, 1.165) is 27.4 Å². The molecule has 0 radical (unpaired) electrons. The molecule has 1 fully saturated rings. The van der Waals surface area contributed by atoms with Crippen LogP contribution in [0.3, 0.4) is 0 Å². The highest BCUT2D eigenvalue weighted by molar-refractivity contribution is 9.93. The number of H-pyrrole nitrogens is 2. The lowest BCUT2D eigenvalue weighted by atomic mass is 9.80. The van der Waals surface area contributed by atoms with Crippen LogP contribution in [0, 0.1) is 0 Å². The van der Waals surface area contributed by atoms with Crippen molar-refractivity contribution in [1.29, 1.82) is 0 Å². The SMILES string of the molecule is BrBr.Cn1cccc(-c2nc(N)cnc2-c2cc(Cl)c3ncccc3c2)c1=O.Cn1cccc(B2OC(C)(C)C(C)(C)O2)c1=O.Cn1cccc(Br)c1=O.Nc1cnc(-c2cc(Cl)c3ncccc3c2)c(Cl)n1.O=c1[nH]cccc1Br.O=c1cccc[nH]1. The average molecular weight is 1510 g/mol. The second kappa shape index (κ2) is 32.2. The first-order chi connectivity index (χ1) is 41.8. The van der Waals surface area contributed by atoms with E-state index in [1.54, 1.807) is 125 Å². The second-order valence-corrected chi connectivity index (χ2v) is 22.5. The molecule has 454 valence electrons. The Kier molecular flexibility index (Phi) is 25.4. The lowest BCUT2D eigenvalue weighted by Crippen LogP contribution is -2.46. The zero-order valence-electron chi connectivity index (χ0n) is 47.9. The molecular formula is C60H55BBr4Cl3N13O7. The molecule has 0 bridgehead atoms. The molecule has 6 N–H and O–H groups in total. The number of benzene rings is 2. The Bertz CT molecular complexity index is 4480. The van der Waals surface area contributed by atoms with Crippen LogP contribution < -0.4 is 44.7 Å². The van der Waals surface area contributed by atoms with Gasteiger partial charge in [-0.2, -0.15) is 0 Å². The van der Waals surface area contributed by atoms with Crippen LogP contribution in [-0.2, 0) is 30.5 Å². The van der Waals surface area contributed by atoms with Crippen molar-refractivity contribution in [2.75, 3.05) is 11.5 Å². The molecule has 2 aromatic carbocycles. The van der Waals surface area contributed by atoms with Crippen molar-refractivity contribution in [3.05, 3.63) is 247 Å². The van der Waals surface area contributed by atoms with Crippen LogP contribution in [0.2, 0.25) is 15.2 Å². The van der Waals surface area contributed by atoms with E-state index in [1.165, 1.54) is 32.2 Å². The van der Waals surface area contributed by atoms with E-state index < -0.39 is 18.3 Å². The summed E-state index contributed by atoms with van der Waals surface area (Å²) in [5.41, 5.74) is 15.6. The molecular weight excluding hydrogens is 1450 g/mol. The largest absolute Gasteiger partial charge is 0.500 e. The summed E-state index contributed by atoms with van der Waals surface area (Å²) < 4.78 is 17.4. The Morgan fingerprint density at radius 1 is 0.534 bits per heavy atom. The fourth-order valence-electron chi connectivity index (χ4n) is 7.83. The van der Waals surface area contributed by atoms with E-state index in [1.807, 2.05) is 76.2 Å². The van der Waals surface area contributed by atoms with Crippen LogP contribution in [0.1, 0.15) is 27.7 Å². The third-order valence-electron chi connectivity index (χ3n) is 13.0. The zero-order valence-corrected chi connectivity index (χ0v) is 56.5. The summed E-state index contributed by atoms with van der Waals surface area (Å²) in [5, 5.41) is 3.09. The first kappa shape index (κ1) is 69.6. The summed E-state index contributed by atoms with van der Waals surface area (Å²) >= 11 is 30.3. The van der Waals surface area contributed by atoms with Crippen molar-refractivity contribution >= 4 is 141 Å². The lowest BCUT2D eigenvalue weighted by molar-refractivity contribution is 0.00578. The van der Waals surface area contributed by atoms with Crippen molar-refractivity contribution in [1.82, 2.24) is 53.6 Å². The summed E-state index contributed by atoms with van der Waals surface area (Å²) in [5.74, 6) is 0.519. The Balaban J connectivity index is 0.000000178. The van der Waals surface area contributed by atoms with Crippen LogP contribution >= 0.6 is 94.9 Å². The van der Waals surface area contributed by atoms with Crippen molar-refractivity contribution in [2.24, 2.45) is 21.1 Å². The minimum atomic E-state index is -0.583. The quantitative estimate of drug-likeness (QED) is 0.119. The summed E-state index contributed by atoms with van der Waals surface area (Å²) in [6.07, 6.45) is 14.6. The van der Waals surface area contributed by atoms with Crippen LogP contribution in [0.25, 0.3) is 55.6 Å². The van der Waals surface area contributed by atoms with Gasteiger partial charge < -0.3 is 44.4 Å². The molecule has 1 aliphatic heterocycles. The topological polar surface area (TPSA) is 280 Å². The molecule has 0 spiro atoms. The number of hydrogen-bond acceptors (Lipinski definition) is 15. The Hall–Kier alpha value is -7.46. The molecule has 9 aromatic heterocycles. The van der Waals surface area contributed by atoms with Crippen molar-refractivity contribution in [3.8, 4) is 33.8 Å². The molecule has 0 amide bonds. The first-order valence-electron chi connectivity index (χ1n) is 25.9. The summed E-state index contributed by atoms with van der Waals surface area (Å²) in [6.45, 7) is 7.89. The average Bonchev–Trinajstić information content (AvgIpc) is 1.55. The van der Waals surface area contributed by atoms with E-state index in [-0.39, 0.29) is 44.6 Å². The third kappa shape index (κ3) is 18.3. The predicted octanol–water partition coefficient (Wildman–Crippen LogP) is 11.9. The first-order valence-corrected chi connectivity index (χ1v) is 32.4. The fraction of sp³-hybridized carbons (Fsp3) is 0.150. The Morgan fingerprint density at radius 2 is 1.03 bits per heavy atom. The molecule has 20 nitrogen and oxygen atoms in total. The molecule has 0 atom stereocenters. The molecule has 1 aliphatic rings. The van der Waals surface area contributed by atoms with Crippen LogP contribution in [-0.4, -0.2) is 71.9 Å². The number of nitrogens with two attached hydrogens (primary N) is 2. The van der Waals surface area contributed by atoms with Gasteiger partial charge >= 0.3 is 7.12 Å². The summed E-state index contributed by atoms with van der Waals surface area (Å²) in [6, 6.07) is 33.9. The molecule has 0 saturated carbocycles. The number of nitrogen functional groups attached to an aromatic ring is 2. The van der Waals surface area contributed by atoms with Gasteiger partial charge in [0.05, 0.1) is 64.9 Å². The Morgan fingerprint density at radius 3 is 1.52 bits per heavy atom. The Labute approximate surface area is 551 Å². The predicted molar refractivity (Wildman–Crippen MR) is 367 cm³/mol. The zero-order chi connectivity index (χ0) is 64.5. The van der Waals surface area contributed by atoms with Gasteiger partial charge in [0.1, 0.15) is 23.0 Å². The normalized spacial score (nSPS) is 12.4. The number of nitrogens with one attached hydrogen (secondary N) is 2. The maximum absolute atomic E-state index is 12.6. The molecule has 0 aliphatic carbocycles. The van der Waals surface area contributed by atoms with Gasteiger partial charge in [-0.1, -0.05) is 59.1 Å². The lowest BCUT2D eigenvalue weighted by Gasteiger charge is -2.32. The summed E-state index contributed by atoms with van der Waals surface area (Å²) in [4.78, 5) is 86.6. The maximum Gasteiger partial charge on any atom is 0.500 e. The van der Waals surface area contributed by atoms with Gasteiger partial charge in [0.25, 0.3) is 16.7 Å². The number of pyridine rings is 7. The molecule has 0 unspecified atom stereocenters. The molecule has 88 heavy (non-hydrogen) atoms. The van der Waals surface area contributed by atoms with Gasteiger partial charge in [-0.15, -0.1) is 0 Å². The van der Waals surface area contributed by atoms with E-state index in [0.29, 0.717) is 52.6 Å². The van der Waals surface area contributed by atoms with Crippen molar-refractivity contribution < 1.29 is 9.31 Å². The van der Waals surface area contributed by atoms with Crippen LogP contribution in [0.5, 0.6) is 0 Å². The highest BCUT2D eigenvalue weighted by Gasteiger charge is 2.52. The number of rotatable bonds is 4. The number of fused-ring (bicyclic) bond motifs is 2. The van der Waals surface area contributed by atoms with Gasteiger partial charge in [-0.25, -0.2) is 15.0 Å². The number of nitrogens with zero attached hydrogens (tertiary/aromatic N) is 9. The van der Waals surface area contributed by atoms with E-state index in [9.17, 15) is 24.0 Å². The van der Waals surface area contributed by atoms with Crippen molar-refractivity contribution in [3.63, 3.8) is 0 Å². The van der Waals surface area contributed by atoms with Gasteiger partial charge in [-0.3, -0.25) is 38.9 Å². The minimum Gasteiger partial charge on any atom is -0.399 e. The number of aromatic nitrogens is 11. The van der Waals surface area contributed by atoms with E-state index in [2.05, 4.69) is 100.0 Å². The molecule has 11 aromatic rings. The van der Waals surface area contributed by atoms with Crippen molar-refractivity contribution in [2.45, 2.75) is 38.9 Å². The third-order valence-corrected chi connectivity index (χ3v) is 15.0. The smallest absolute Gasteiger partial charge is 0.399 e. The second-order valence-electron chi connectivity index (χ2n) is 19.6. The highest BCUT2D eigenvalue weighted by Crippen LogP contribution is 2.37. The molecule has 28 heteroatoms. The van der Waals surface area contributed by atoms with Gasteiger partial charge in [0.15, 0.2) is 5.15 Å². The fourth-order valence-corrected chi connectivity index (χ4v) is 9.34. The number of anilines is 2. The number of aromatic amines is 2. The van der Waals surface area contributed by atoms with Gasteiger partial charge in [-0.05, 0) is 144 Å². The number of aryl methyl sites for hydroxylation is 3.